The molecule has 3 aromatic heterocycles. The number of anilines is 3. The van der Waals surface area contributed by atoms with Gasteiger partial charge in [-0.05, 0) is 12.8 Å². The summed E-state index contributed by atoms with van der Waals surface area (Å²) in [5, 5.41) is 30.6. The van der Waals surface area contributed by atoms with Gasteiger partial charge in [0, 0.05) is 29.9 Å². The molecule has 0 aromatic carbocycles. The fourth-order valence-electron chi connectivity index (χ4n) is 2.74. The molecule has 0 atom stereocenters. The fraction of sp³-hybridized carbons (Fsp3) is 0.250. The number of aromatic amines is 1. The molecule has 130 valence electrons. The lowest BCUT2D eigenvalue weighted by Crippen LogP contribution is -2.44. The van der Waals surface area contributed by atoms with Crippen molar-refractivity contribution in [1.29, 1.82) is 5.26 Å². The summed E-state index contributed by atoms with van der Waals surface area (Å²) in [4.78, 5) is 8.11. The molecule has 1 aliphatic rings. The van der Waals surface area contributed by atoms with E-state index in [0.29, 0.717) is 23.4 Å². The third-order valence-electron chi connectivity index (χ3n) is 4.12. The van der Waals surface area contributed by atoms with Gasteiger partial charge in [-0.3, -0.25) is 5.10 Å². The van der Waals surface area contributed by atoms with Gasteiger partial charge in [0.15, 0.2) is 11.5 Å². The molecule has 0 saturated heterocycles. The molecular formula is C16H16N10. The van der Waals surface area contributed by atoms with Crippen molar-refractivity contribution in [1.82, 2.24) is 30.4 Å². The maximum atomic E-state index is 8.79. The Labute approximate surface area is 148 Å². The molecule has 10 heteroatoms. The standard InChI is InChI=1S/C16H16N10/c17-4-12-7-20-15(8-19-12)24-14-3-13(23-11-1-10(18)2-11)16(26-25-14)9-5-21-22-6-9/h3,5-8,10-11H,1-2,18H2,(H,21,22)(H2,20,23,24,25). The highest BCUT2D eigenvalue weighted by molar-refractivity contribution is 5.75. The summed E-state index contributed by atoms with van der Waals surface area (Å²) in [5.41, 5.74) is 8.51. The lowest BCUT2D eigenvalue weighted by atomic mass is 9.87. The highest BCUT2D eigenvalue weighted by Crippen LogP contribution is 2.30. The number of nitrogens with two attached hydrogens (primary N) is 1. The zero-order valence-electron chi connectivity index (χ0n) is 13.7. The van der Waals surface area contributed by atoms with Gasteiger partial charge in [-0.25, -0.2) is 9.97 Å². The number of rotatable bonds is 5. The fourth-order valence-corrected chi connectivity index (χ4v) is 2.74. The molecule has 0 aliphatic heterocycles. The van der Waals surface area contributed by atoms with Gasteiger partial charge in [0.1, 0.15) is 17.6 Å². The monoisotopic (exact) mass is 348 g/mol. The van der Waals surface area contributed by atoms with Gasteiger partial charge in [-0.1, -0.05) is 0 Å². The number of hydrogen-bond acceptors (Lipinski definition) is 9. The quantitative estimate of drug-likeness (QED) is 0.532. The molecule has 0 bridgehead atoms. The van der Waals surface area contributed by atoms with E-state index in [0.717, 1.165) is 24.1 Å². The largest absolute Gasteiger partial charge is 0.380 e. The van der Waals surface area contributed by atoms with Gasteiger partial charge >= 0.3 is 0 Å². The average molecular weight is 348 g/mol. The predicted octanol–water partition coefficient (Wildman–Crippen LogP) is 1.17. The molecule has 10 nitrogen and oxygen atoms in total. The molecule has 3 heterocycles. The van der Waals surface area contributed by atoms with Crippen LogP contribution < -0.4 is 16.4 Å². The van der Waals surface area contributed by atoms with E-state index in [9.17, 15) is 0 Å². The van der Waals surface area contributed by atoms with E-state index in [1.165, 1.54) is 12.4 Å². The van der Waals surface area contributed by atoms with Crippen molar-refractivity contribution in [3.8, 4) is 17.3 Å². The Bertz CT molecular complexity index is 923. The minimum absolute atomic E-state index is 0.242. The first-order valence-electron chi connectivity index (χ1n) is 8.09. The van der Waals surface area contributed by atoms with Crippen LogP contribution in [0, 0.1) is 11.3 Å². The van der Waals surface area contributed by atoms with E-state index in [4.69, 9.17) is 11.0 Å². The number of nitriles is 1. The van der Waals surface area contributed by atoms with Crippen molar-refractivity contribution in [2.24, 2.45) is 5.73 Å². The second-order valence-corrected chi connectivity index (χ2v) is 6.08. The van der Waals surface area contributed by atoms with E-state index in [1.54, 1.807) is 12.4 Å². The van der Waals surface area contributed by atoms with Crippen LogP contribution >= 0.6 is 0 Å². The third-order valence-corrected chi connectivity index (χ3v) is 4.12. The highest BCUT2D eigenvalue weighted by atomic mass is 15.2. The van der Waals surface area contributed by atoms with E-state index < -0.39 is 0 Å². The highest BCUT2D eigenvalue weighted by Gasteiger charge is 2.27. The summed E-state index contributed by atoms with van der Waals surface area (Å²) in [5.74, 6) is 0.994. The first kappa shape index (κ1) is 15.9. The Morgan fingerprint density at radius 2 is 2.04 bits per heavy atom. The second kappa shape index (κ2) is 6.73. The molecule has 4 rings (SSSR count). The van der Waals surface area contributed by atoms with Crippen LogP contribution in [0.5, 0.6) is 0 Å². The molecule has 3 aromatic rings. The Morgan fingerprint density at radius 1 is 1.15 bits per heavy atom. The summed E-state index contributed by atoms with van der Waals surface area (Å²) in [6.45, 7) is 0. The van der Waals surface area contributed by atoms with Crippen LogP contribution in [0.1, 0.15) is 18.5 Å². The SMILES string of the molecule is N#Cc1cnc(Nc2cc(NC3CC(N)C3)c(-c3cn[nH]c3)nn2)cn1. The first-order chi connectivity index (χ1) is 12.7. The topological polar surface area (TPSA) is 154 Å². The molecule has 1 saturated carbocycles. The number of nitrogens with zero attached hydrogens (tertiary/aromatic N) is 6. The minimum Gasteiger partial charge on any atom is -0.380 e. The van der Waals surface area contributed by atoms with Gasteiger partial charge in [-0.2, -0.15) is 10.4 Å². The van der Waals surface area contributed by atoms with E-state index in [2.05, 4.69) is 41.0 Å². The van der Waals surface area contributed by atoms with Crippen LogP contribution in [0.25, 0.3) is 11.3 Å². The Balaban J connectivity index is 1.60. The van der Waals surface area contributed by atoms with Crippen LogP contribution in [0.4, 0.5) is 17.3 Å². The van der Waals surface area contributed by atoms with Crippen LogP contribution in [0.2, 0.25) is 0 Å². The van der Waals surface area contributed by atoms with Crippen molar-refractivity contribution >= 4 is 17.3 Å². The molecular weight excluding hydrogens is 332 g/mol. The van der Waals surface area contributed by atoms with Crippen LogP contribution in [0.15, 0.2) is 30.9 Å². The zero-order chi connectivity index (χ0) is 17.9. The smallest absolute Gasteiger partial charge is 0.158 e. The molecule has 5 N–H and O–H groups in total. The summed E-state index contributed by atoms with van der Waals surface area (Å²) in [6, 6.07) is 4.34. The third kappa shape index (κ3) is 3.28. The molecule has 0 spiro atoms. The number of nitrogens with one attached hydrogen (secondary N) is 3. The summed E-state index contributed by atoms with van der Waals surface area (Å²) in [7, 11) is 0. The zero-order valence-corrected chi connectivity index (χ0v) is 13.7. The van der Waals surface area contributed by atoms with Gasteiger partial charge in [0.25, 0.3) is 0 Å². The van der Waals surface area contributed by atoms with Gasteiger partial charge in [0.05, 0.1) is 24.3 Å². The molecule has 0 radical (unpaired) electrons. The number of hydrogen-bond donors (Lipinski definition) is 4. The molecule has 1 aliphatic carbocycles. The Hall–Kier alpha value is -3.58. The molecule has 26 heavy (non-hydrogen) atoms. The molecule has 0 amide bonds. The van der Waals surface area contributed by atoms with Crippen LogP contribution in [-0.4, -0.2) is 42.4 Å². The summed E-state index contributed by atoms with van der Waals surface area (Å²) in [6.07, 6.45) is 8.16. The van der Waals surface area contributed by atoms with E-state index >= 15 is 0 Å². The predicted molar refractivity (Wildman–Crippen MR) is 94.3 cm³/mol. The van der Waals surface area contributed by atoms with Crippen molar-refractivity contribution in [2.75, 3.05) is 10.6 Å². The van der Waals surface area contributed by atoms with Gasteiger partial charge in [0.2, 0.25) is 0 Å². The van der Waals surface area contributed by atoms with Crippen molar-refractivity contribution in [3.05, 3.63) is 36.5 Å². The van der Waals surface area contributed by atoms with Crippen molar-refractivity contribution in [2.45, 2.75) is 24.9 Å². The maximum absolute atomic E-state index is 8.79. The van der Waals surface area contributed by atoms with E-state index in [-0.39, 0.29) is 11.7 Å². The molecule has 0 unspecified atom stereocenters. The lowest BCUT2D eigenvalue weighted by molar-refractivity contribution is 0.373. The first-order valence-corrected chi connectivity index (χ1v) is 8.09. The molecule has 1 fully saturated rings. The summed E-state index contributed by atoms with van der Waals surface area (Å²) >= 11 is 0. The van der Waals surface area contributed by atoms with Gasteiger partial charge < -0.3 is 16.4 Å². The number of aromatic nitrogens is 6. The van der Waals surface area contributed by atoms with E-state index in [1.807, 2.05) is 12.1 Å². The van der Waals surface area contributed by atoms with Crippen LogP contribution in [-0.2, 0) is 0 Å². The van der Waals surface area contributed by atoms with Crippen LogP contribution in [0.3, 0.4) is 0 Å². The minimum atomic E-state index is 0.242. The van der Waals surface area contributed by atoms with Crippen molar-refractivity contribution < 1.29 is 0 Å². The lowest BCUT2D eigenvalue weighted by Gasteiger charge is -2.34. The Morgan fingerprint density at radius 3 is 2.69 bits per heavy atom. The average Bonchev–Trinajstić information content (AvgIpc) is 3.16. The normalized spacial score (nSPS) is 18.6. The maximum Gasteiger partial charge on any atom is 0.158 e. The Kier molecular flexibility index (Phi) is 4.12. The second-order valence-electron chi connectivity index (χ2n) is 6.08. The van der Waals surface area contributed by atoms with Gasteiger partial charge in [-0.15, -0.1) is 10.2 Å². The van der Waals surface area contributed by atoms with Crippen molar-refractivity contribution in [3.63, 3.8) is 0 Å². The summed E-state index contributed by atoms with van der Waals surface area (Å²) < 4.78 is 0. The number of H-pyrrole nitrogens is 1.